The number of carbonyl (C=O) groups excluding carboxylic acids is 1. The number of hydrogen-bond donors (Lipinski definition) is 1. The minimum absolute atomic E-state index is 0.179. The first-order valence-corrected chi connectivity index (χ1v) is 6.89. The van der Waals surface area contributed by atoms with E-state index in [0.29, 0.717) is 23.0 Å². The first-order valence-electron chi connectivity index (χ1n) is 5.76. The van der Waals surface area contributed by atoms with Gasteiger partial charge < -0.3 is 5.32 Å². The van der Waals surface area contributed by atoms with Crippen molar-refractivity contribution in [2.75, 3.05) is 6.54 Å². The Hall–Kier alpha value is -1.36. The van der Waals surface area contributed by atoms with Gasteiger partial charge in [-0.05, 0) is 24.1 Å². The predicted octanol–water partition coefficient (Wildman–Crippen LogP) is 3.41. The van der Waals surface area contributed by atoms with Gasteiger partial charge in [-0.25, -0.2) is 4.98 Å². The first kappa shape index (κ1) is 15.0. The maximum atomic E-state index is 11.8. The van der Waals surface area contributed by atoms with Crippen molar-refractivity contribution in [2.45, 2.75) is 6.42 Å². The van der Waals surface area contributed by atoms with Gasteiger partial charge in [-0.15, -0.1) is 0 Å². The van der Waals surface area contributed by atoms with Gasteiger partial charge in [0.05, 0.1) is 12.4 Å². The van der Waals surface area contributed by atoms with E-state index in [9.17, 15) is 4.79 Å². The summed E-state index contributed by atoms with van der Waals surface area (Å²) in [5, 5.41) is 4.06. The summed E-state index contributed by atoms with van der Waals surface area (Å²) in [6.07, 6.45) is 3.32. The van der Waals surface area contributed by atoms with Crippen molar-refractivity contribution in [1.82, 2.24) is 15.3 Å². The van der Waals surface area contributed by atoms with Gasteiger partial charge >= 0.3 is 0 Å². The minimum atomic E-state index is -0.329. The van der Waals surface area contributed by atoms with E-state index in [1.165, 1.54) is 12.4 Å². The highest BCUT2D eigenvalue weighted by molar-refractivity contribution is 6.35. The van der Waals surface area contributed by atoms with Crippen LogP contribution in [-0.4, -0.2) is 22.4 Å². The molecule has 20 heavy (non-hydrogen) atoms. The van der Waals surface area contributed by atoms with Gasteiger partial charge in [0, 0.05) is 16.6 Å². The Kier molecular flexibility index (Phi) is 5.17. The molecule has 1 heterocycles. The largest absolute Gasteiger partial charge is 0.350 e. The molecular formula is C13H10Cl3N3O. The van der Waals surface area contributed by atoms with Crippen LogP contribution in [0.2, 0.25) is 15.2 Å². The number of nitrogens with one attached hydrogen (secondary N) is 1. The lowest BCUT2D eigenvalue weighted by atomic mass is 10.1. The van der Waals surface area contributed by atoms with Crippen molar-refractivity contribution in [1.29, 1.82) is 0 Å². The second-order valence-corrected chi connectivity index (χ2v) is 5.20. The third-order valence-electron chi connectivity index (χ3n) is 2.53. The zero-order chi connectivity index (χ0) is 14.5. The summed E-state index contributed by atoms with van der Waals surface area (Å²) in [5.41, 5.74) is 1.09. The number of amides is 1. The quantitative estimate of drug-likeness (QED) is 0.934. The number of halogens is 3. The molecule has 104 valence electrons. The minimum Gasteiger partial charge on any atom is -0.350 e. The van der Waals surface area contributed by atoms with Gasteiger partial charge in [-0.3, -0.25) is 9.78 Å². The van der Waals surface area contributed by atoms with Crippen LogP contribution in [0.4, 0.5) is 0 Å². The van der Waals surface area contributed by atoms with E-state index < -0.39 is 0 Å². The van der Waals surface area contributed by atoms with Crippen LogP contribution in [0.15, 0.2) is 30.6 Å². The van der Waals surface area contributed by atoms with Gasteiger partial charge in [-0.2, -0.15) is 0 Å². The molecule has 1 aromatic carbocycles. The van der Waals surface area contributed by atoms with Crippen LogP contribution in [0.1, 0.15) is 16.1 Å². The molecule has 2 aromatic rings. The molecule has 7 heteroatoms. The molecule has 0 bridgehead atoms. The summed E-state index contributed by atoms with van der Waals surface area (Å²) >= 11 is 17.5. The Morgan fingerprint density at radius 3 is 2.70 bits per heavy atom. The van der Waals surface area contributed by atoms with E-state index in [1.807, 2.05) is 6.07 Å². The van der Waals surface area contributed by atoms with Crippen LogP contribution in [0.3, 0.4) is 0 Å². The second-order valence-electron chi connectivity index (χ2n) is 3.97. The lowest BCUT2D eigenvalue weighted by Gasteiger charge is -2.06. The van der Waals surface area contributed by atoms with Crippen LogP contribution in [0.5, 0.6) is 0 Å². The standard InChI is InChI=1S/C13H10Cl3N3O/c14-9-2-1-8(10(15)5-9)3-4-18-13(20)11-6-17-7-12(16)19-11/h1-2,5-7H,3-4H2,(H,18,20). The molecule has 0 aliphatic carbocycles. The molecule has 1 amide bonds. The Bertz CT molecular complexity index is 634. The fourth-order valence-electron chi connectivity index (χ4n) is 1.58. The van der Waals surface area contributed by atoms with Crippen LogP contribution in [0.25, 0.3) is 0 Å². The summed E-state index contributed by atoms with van der Waals surface area (Å²) in [5.74, 6) is -0.329. The van der Waals surface area contributed by atoms with Crippen molar-refractivity contribution in [2.24, 2.45) is 0 Å². The topological polar surface area (TPSA) is 54.9 Å². The predicted molar refractivity (Wildman–Crippen MR) is 79.5 cm³/mol. The second kappa shape index (κ2) is 6.88. The highest BCUT2D eigenvalue weighted by Crippen LogP contribution is 2.21. The molecule has 0 radical (unpaired) electrons. The molecule has 0 saturated heterocycles. The maximum absolute atomic E-state index is 11.8. The number of carbonyl (C=O) groups is 1. The van der Waals surface area contributed by atoms with E-state index in [-0.39, 0.29) is 16.8 Å². The molecule has 0 unspecified atom stereocenters. The van der Waals surface area contributed by atoms with E-state index in [2.05, 4.69) is 15.3 Å². The molecule has 0 saturated carbocycles. The Morgan fingerprint density at radius 2 is 2.00 bits per heavy atom. The molecular weight excluding hydrogens is 321 g/mol. The third-order valence-corrected chi connectivity index (χ3v) is 3.30. The molecule has 0 aliphatic heterocycles. The van der Waals surface area contributed by atoms with Crippen LogP contribution in [-0.2, 0) is 6.42 Å². The van der Waals surface area contributed by atoms with Crippen molar-refractivity contribution in [3.63, 3.8) is 0 Å². The lowest BCUT2D eigenvalue weighted by Crippen LogP contribution is -2.26. The average molecular weight is 331 g/mol. The zero-order valence-electron chi connectivity index (χ0n) is 10.2. The number of benzene rings is 1. The van der Waals surface area contributed by atoms with Gasteiger partial charge in [0.15, 0.2) is 0 Å². The van der Waals surface area contributed by atoms with Gasteiger partial charge in [0.2, 0.25) is 0 Å². The Labute approximate surface area is 131 Å². The zero-order valence-corrected chi connectivity index (χ0v) is 12.5. The molecule has 1 aromatic heterocycles. The average Bonchev–Trinajstić information content (AvgIpc) is 2.41. The SMILES string of the molecule is O=C(NCCc1ccc(Cl)cc1Cl)c1cncc(Cl)n1. The maximum Gasteiger partial charge on any atom is 0.271 e. The van der Waals surface area contributed by atoms with Gasteiger partial charge in [0.1, 0.15) is 10.8 Å². The number of nitrogens with zero attached hydrogens (tertiary/aromatic N) is 2. The van der Waals surface area contributed by atoms with E-state index in [1.54, 1.807) is 12.1 Å². The monoisotopic (exact) mass is 329 g/mol. The number of rotatable bonds is 4. The summed E-state index contributed by atoms with van der Waals surface area (Å²) in [6, 6.07) is 5.26. The normalized spacial score (nSPS) is 10.3. The summed E-state index contributed by atoms with van der Waals surface area (Å²) in [7, 11) is 0. The molecule has 2 rings (SSSR count). The fourth-order valence-corrected chi connectivity index (χ4v) is 2.23. The Balaban J connectivity index is 1.91. The van der Waals surface area contributed by atoms with E-state index in [4.69, 9.17) is 34.8 Å². The molecule has 0 aliphatic rings. The smallest absolute Gasteiger partial charge is 0.271 e. The number of aromatic nitrogens is 2. The molecule has 0 atom stereocenters. The summed E-state index contributed by atoms with van der Waals surface area (Å²) in [6.45, 7) is 0.425. The molecule has 1 N–H and O–H groups in total. The number of hydrogen-bond acceptors (Lipinski definition) is 3. The lowest BCUT2D eigenvalue weighted by molar-refractivity contribution is 0.0948. The fraction of sp³-hybridized carbons (Fsp3) is 0.154. The van der Waals surface area contributed by atoms with Gasteiger partial charge in [0.25, 0.3) is 5.91 Å². The summed E-state index contributed by atoms with van der Waals surface area (Å²) in [4.78, 5) is 19.5. The van der Waals surface area contributed by atoms with Crippen molar-refractivity contribution < 1.29 is 4.79 Å². The van der Waals surface area contributed by atoms with Crippen molar-refractivity contribution in [3.05, 3.63) is 57.0 Å². The van der Waals surface area contributed by atoms with Crippen molar-refractivity contribution >= 4 is 40.7 Å². The van der Waals surface area contributed by atoms with Gasteiger partial charge in [-0.1, -0.05) is 40.9 Å². The third kappa shape index (κ3) is 4.07. The summed E-state index contributed by atoms with van der Waals surface area (Å²) < 4.78 is 0. The van der Waals surface area contributed by atoms with E-state index in [0.717, 1.165) is 5.56 Å². The molecule has 0 fully saturated rings. The van der Waals surface area contributed by atoms with Crippen LogP contribution in [0, 0.1) is 0 Å². The highest BCUT2D eigenvalue weighted by Gasteiger charge is 2.08. The first-order chi connectivity index (χ1) is 9.56. The Morgan fingerprint density at radius 1 is 1.20 bits per heavy atom. The van der Waals surface area contributed by atoms with Crippen LogP contribution < -0.4 is 5.32 Å². The van der Waals surface area contributed by atoms with Crippen LogP contribution >= 0.6 is 34.8 Å². The van der Waals surface area contributed by atoms with E-state index >= 15 is 0 Å². The van der Waals surface area contributed by atoms with Crippen molar-refractivity contribution in [3.8, 4) is 0 Å². The molecule has 4 nitrogen and oxygen atoms in total. The molecule has 0 spiro atoms. The highest BCUT2D eigenvalue weighted by atomic mass is 35.5.